The molecule has 0 bridgehead atoms. The number of carbonyl (C=O) groups excluding carboxylic acids is 2. The zero-order valence-electron chi connectivity index (χ0n) is 16.9. The number of hydrogen-bond donors (Lipinski definition) is 1. The molecule has 3 aromatic rings. The third-order valence-corrected chi connectivity index (χ3v) is 4.95. The predicted molar refractivity (Wildman–Crippen MR) is 117 cm³/mol. The maximum Gasteiger partial charge on any atom is 0.294 e. The van der Waals surface area contributed by atoms with Gasteiger partial charge in [-0.1, -0.05) is 54.1 Å². The molecule has 0 aliphatic carbocycles. The largest absolute Gasteiger partial charge is 0.449 e. The number of para-hydroxylation sites is 2. The Labute approximate surface area is 175 Å². The van der Waals surface area contributed by atoms with Gasteiger partial charge in [0, 0.05) is 12.6 Å². The molecule has 0 spiro atoms. The van der Waals surface area contributed by atoms with Crippen LogP contribution in [-0.4, -0.2) is 18.9 Å². The van der Waals surface area contributed by atoms with Gasteiger partial charge in [-0.15, -0.1) is 0 Å². The van der Waals surface area contributed by atoms with Crippen LogP contribution in [0.15, 0.2) is 78.6 Å². The number of fused-ring (bicyclic) bond motifs is 1. The van der Waals surface area contributed by atoms with Gasteiger partial charge < -0.3 is 10.1 Å². The smallest absolute Gasteiger partial charge is 0.294 e. The van der Waals surface area contributed by atoms with Crippen LogP contribution in [0.3, 0.4) is 0 Å². The zero-order valence-corrected chi connectivity index (χ0v) is 16.9. The van der Waals surface area contributed by atoms with E-state index in [1.54, 1.807) is 42.3 Å². The molecule has 1 heterocycles. The number of carbonyl (C=O) groups is 2. The maximum atomic E-state index is 13.3. The van der Waals surface area contributed by atoms with Crippen LogP contribution in [0, 0.1) is 6.92 Å². The van der Waals surface area contributed by atoms with E-state index in [0.29, 0.717) is 17.9 Å². The average Bonchev–Trinajstić information content (AvgIpc) is 2.76. The van der Waals surface area contributed by atoms with Crippen LogP contribution < -0.4 is 15.0 Å². The molecule has 5 nitrogen and oxygen atoms in total. The number of aryl methyl sites for hydroxylation is 1. The highest BCUT2D eigenvalue weighted by Crippen LogP contribution is 2.36. The number of rotatable bonds is 4. The maximum absolute atomic E-state index is 13.3. The zero-order chi connectivity index (χ0) is 21.1. The highest BCUT2D eigenvalue weighted by Gasteiger charge is 2.30. The lowest BCUT2D eigenvalue weighted by Gasteiger charge is -2.30. The van der Waals surface area contributed by atoms with Crippen molar-refractivity contribution in [3.63, 3.8) is 0 Å². The number of amides is 2. The molecule has 0 atom stereocenters. The molecule has 3 aromatic carbocycles. The Balaban J connectivity index is 1.68. The fraction of sp³-hybridized carbons (Fsp3) is 0.120. The van der Waals surface area contributed by atoms with Gasteiger partial charge in [-0.3, -0.25) is 14.5 Å². The minimum atomic E-state index is -0.203. The van der Waals surface area contributed by atoms with Crippen molar-refractivity contribution in [1.82, 2.24) is 5.32 Å². The Kier molecular flexibility index (Phi) is 5.35. The van der Waals surface area contributed by atoms with E-state index in [1.165, 1.54) is 0 Å². The summed E-state index contributed by atoms with van der Waals surface area (Å²) in [7, 11) is 1.59. The molecule has 30 heavy (non-hydrogen) atoms. The molecule has 2 amide bonds. The highest BCUT2D eigenvalue weighted by molar-refractivity contribution is 6.09. The van der Waals surface area contributed by atoms with E-state index in [-0.39, 0.29) is 17.6 Å². The first-order chi connectivity index (χ1) is 14.5. The Hall–Kier alpha value is -3.86. The van der Waals surface area contributed by atoms with E-state index in [1.807, 2.05) is 49.4 Å². The lowest BCUT2D eigenvalue weighted by atomic mass is 10.1. The van der Waals surface area contributed by atoms with Crippen LogP contribution in [0.5, 0.6) is 5.75 Å². The molecular weight excluding hydrogens is 376 g/mol. The normalized spacial score (nSPS) is 14.3. The molecule has 150 valence electrons. The Morgan fingerprint density at radius 3 is 2.53 bits per heavy atom. The quantitative estimate of drug-likeness (QED) is 0.666. The first-order valence-electron chi connectivity index (χ1n) is 9.73. The molecule has 1 aliphatic heterocycles. The minimum absolute atomic E-state index is 0.155. The molecule has 0 fully saturated rings. The van der Waals surface area contributed by atoms with Gasteiger partial charge in [0.25, 0.3) is 11.8 Å². The van der Waals surface area contributed by atoms with Crippen LogP contribution in [-0.2, 0) is 11.3 Å². The molecule has 0 unspecified atom stereocenters. The van der Waals surface area contributed by atoms with E-state index in [2.05, 4.69) is 11.4 Å². The van der Waals surface area contributed by atoms with Crippen LogP contribution in [0.1, 0.15) is 27.0 Å². The Bertz CT molecular complexity index is 1130. The van der Waals surface area contributed by atoms with Crippen molar-refractivity contribution in [3.05, 3.63) is 101 Å². The summed E-state index contributed by atoms with van der Waals surface area (Å²) in [5, 5.41) is 2.59. The van der Waals surface area contributed by atoms with E-state index in [0.717, 1.165) is 22.4 Å². The van der Waals surface area contributed by atoms with Crippen LogP contribution >= 0.6 is 0 Å². The fourth-order valence-corrected chi connectivity index (χ4v) is 3.44. The molecule has 1 N–H and O–H groups in total. The summed E-state index contributed by atoms with van der Waals surface area (Å²) < 4.78 is 5.93. The predicted octanol–water partition coefficient (Wildman–Crippen LogP) is 4.32. The summed E-state index contributed by atoms with van der Waals surface area (Å²) in [6, 6.07) is 22.7. The molecule has 4 rings (SSSR count). The van der Waals surface area contributed by atoms with Gasteiger partial charge in [-0.2, -0.15) is 0 Å². The van der Waals surface area contributed by atoms with E-state index in [9.17, 15) is 9.59 Å². The second kappa shape index (κ2) is 8.25. The van der Waals surface area contributed by atoms with Gasteiger partial charge in [0.15, 0.2) is 11.5 Å². The molecule has 0 saturated carbocycles. The van der Waals surface area contributed by atoms with Crippen molar-refractivity contribution < 1.29 is 14.3 Å². The monoisotopic (exact) mass is 398 g/mol. The SMILES string of the molecule is CNC(=O)c1ccc(/C=C2/Oc3ccccc3N(Cc3cccc(C)c3)C2=O)cc1. The first kappa shape index (κ1) is 19.5. The van der Waals surface area contributed by atoms with Gasteiger partial charge in [0.05, 0.1) is 12.2 Å². The molecule has 0 saturated heterocycles. The summed E-state index contributed by atoms with van der Waals surface area (Å²) in [5.41, 5.74) is 4.28. The topological polar surface area (TPSA) is 58.6 Å². The summed E-state index contributed by atoms with van der Waals surface area (Å²) >= 11 is 0. The van der Waals surface area contributed by atoms with Crippen LogP contribution in [0.4, 0.5) is 5.69 Å². The summed E-state index contributed by atoms with van der Waals surface area (Å²) in [4.78, 5) is 26.7. The lowest BCUT2D eigenvalue weighted by Crippen LogP contribution is -2.36. The Morgan fingerprint density at radius 2 is 1.80 bits per heavy atom. The number of benzene rings is 3. The van der Waals surface area contributed by atoms with Crippen LogP contribution in [0.2, 0.25) is 0 Å². The molecule has 1 aliphatic rings. The third kappa shape index (κ3) is 3.96. The molecule has 0 radical (unpaired) electrons. The van der Waals surface area contributed by atoms with Crippen molar-refractivity contribution in [2.45, 2.75) is 13.5 Å². The van der Waals surface area contributed by atoms with Crippen molar-refractivity contribution in [2.24, 2.45) is 0 Å². The van der Waals surface area contributed by atoms with Crippen molar-refractivity contribution in [3.8, 4) is 5.75 Å². The third-order valence-electron chi connectivity index (χ3n) is 4.95. The number of nitrogens with one attached hydrogen (secondary N) is 1. The second-order valence-electron chi connectivity index (χ2n) is 7.16. The lowest BCUT2D eigenvalue weighted by molar-refractivity contribution is -0.117. The highest BCUT2D eigenvalue weighted by atomic mass is 16.5. The number of nitrogens with zero attached hydrogens (tertiary/aromatic N) is 1. The summed E-state index contributed by atoms with van der Waals surface area (Å²) in [5.74, 6) is 0.523. The van der Waals surface area contributed by atoms with Gasteiger partial charge in [0.1, 0.15) is 0 Å². The minimum Gasteiger partial charge on any atom is -0.449 e. The van der Waals surface area contributed by atoms with Crippen molar-refractivity contribution in [1.29, 1.82) is 0 Å². The van der Waals surface area contributed by atoms with Gasteiger partial charge >= 0.3 is 0 Å². The summed E-state index contributed by atoms with van der Waals surface area (Å²) in [6.07, 6.45) is 1.70. The number of anilines is 1. The first-order valence-corrected chi connectivity index (χ1v) is 9.73. The fourth-order valence-electron chi connectivity index (χ4n) is 3.44. The van der Waals surface area contributed by atoms with Gasteiger partial charge in [-0.05, 0) is 48.4 Å². The van der Waals surface area contributed by atoms with Crippen LogP contribution in [0.25, 0.3) is 6.08 Å². The second-order valence-corrected chi connectivity index (χ2v) is 7.16. The average molecular weight is 398 g/mol. The number of hydrogen-bond acceptors (Lipinski definition) is 3. The van der Waals surface area contributed by atoms with Crippen molar-refractivity contribution in [2.75, 3.05) is 11.9 Å². The van der Waals surface area contributed by atoms with Crippen molar-refractivity contribution >= 4 is 23.6 Å². The standard InChI is InChI=1S/C25H22N2O3/c1-17-6-5-7-19(14-17)16-27-21-8-3-4-9-22(21)30-23(25(27)29)15-18-10-12-20(13-11-18)24(28)26-2/h3-15H,16H2,1-2H3,(H,26,28)/b23-15+. The molecule has 0 aromatic heterocycles. The summed E-state index contributed by atoms with van der Waals surface area (Å²) in [6.45, 7) is 2.49. The van der Waals surface area contributed by atoms with Gasteiger partial charge in [0.2, 0.25) is 0 Å². The van der Waals surface area contributed by atoms with Gasteiger partial charge in [-0.25, -0.2) is 0 Å². The van der Waals surface area contributed by atoms with E-state index >= 15 is 0 Å². The van der Waals surface area contributed by atoms with E-state index < -0.39 is 0 Å². The number of ether oxygens (including phenoxy) is 1. The molecular formula is C25H22N2O3. The Morgan fingerprint density at radius 1 is 1.03 bits per heavy atom. The van der Waals surface area contributed by atoms with E-state index in [4.69, 9.17) is 4.74 Å². The molecule has 5 heteroatoms.